The third-order valence-corrected chi connectivity index (χ3v) is 8.60. The van der Waals surface area contributed by atoms with E-state index in [9.17, 15) is 0 Å². The van der Waals surface area contributed by atoms with Gasteiger partial charge in [-0.25, -0.2) is 9.37 Å². The molecular weight excluding hydrogens is 541 g/mol. The first-order chi connectivity index (χ1) is 20.1. The number of fused-ring (bicyclic) bond motifs is 4. The standard InChI is InChI=1S/C32H29ClFN5O2/c1-40-26-11-10-19(15-35-26)12-13-41-32-37-30-24(31(38-32)39-17-20-8-9-21(14-20)18-39)16-36-29(28(30)34)23-6-2-4-22-5-3-7-25(33)27(22)23/h2-7,10-11,15-16,20-21H,8-9,12-14,17-18H2,1H3. The van der Waals surface area contributed by atoms with Crippen LogP contribution < -0.4 is 14.4 Å². The monoisotopic (exact) mass is 569 g/mol. The van der Waals surface area contributed by atoms with Gasteiger partial charge >= 0.3 is 6.01 Å². The van der Waals surface area contributed by atoms with Crippen LogP contribution >= 0.6 is 11.6 Å². The Morgan fingerprint density at radius 2 is 1.78 bits per heavy atom. The van der Waals surface area contributed by atoms with Crippen molar-refractivity contribution in [2.24, 2.45) is 11.8 Å². The lowest BCUT2D eigenvalue weighted by Crippen LogP contribution is -2.37. The number of ether oxygens (including phenoxy) is 2. The molecular formula is C32H29ClFN5O2. The number of benzene rings is 2. The van der Waals surface area contributed by atoms with E-state index in [2.05, 4.69) is 19.9 Å². The van der Waals surface area contributed by atoms with Crippen LogP contribution in [0.5, 0.6) is 11.9 Å². The lowest BCUT2D eigenvalue weighted by molar-refractivity contribution is 0.296. The van der Waals surface area contributed by atoms with Crippen molar-refractivity contribution in [2.75, 3.05) is 31.7 Å². The van der Waals surface area contributed by atoms with E-state index >= 15 is 4.39 Å². The van der Waals surface area contributed by atoms with Crippen molar-refractivity contribution in [1.82, 2.24) is 19.9 Å². The van der Waals surface area contributed by atoms with Gasteiger partial charge in [-0.1, -0.05) is 48.0 Å². The Bertz CT molecular complexity index is 1730. The van der Waals surface area contributed by atoms with E-state index in [1.165, 1.54) is 19.3 Å². The predicted molar refractivity (Wildman–Crippen MR) is 158 cm³/mol. The number of hydrogen-bond acceptors (Lipinski definition) is 7. The van der Waals surface area contributed by atoms with Crippen LogP contribution in [0, 0.1) is 17.7 Å². The highest BCUT2D eigenvalue weighted by atomic mass is 35.5. The van der Waals surface area contributed by atoms with Crippen LogP contribution in [0.1, 0.15) is 24.8 Å². The molecule has 2 aromatic carbocycles. The highest BCUT2D eigenvalue weighted by Crippen LogP contribution is 2.41. The van der Waals surface area contributed by atoms with E-state index in [1.54, 1.807) is 19.5 Å². The lowest BCUT2D eigenvalue weighted by atomic mass is 9.98. The first-order valence-corrected chi connectivity index (χ1v) is 14.4. The minimum Gasteiger partial charge on any atom is -0.481 e. The fourth-order valence-corrected chi connectivity index (χ4v) is 6.61. The Morgan fingerprint density at radius 1 is 0.976 bits per heavy atom. The van der Waals surface area contributed by atoms with Crippen molar-refractivity contribution in [3.8, 4) is 23.1 Å². The second kappa shape index (κ2) is 10.7. The van der Waals surface area contributed by atoms with Crippen molar-refractivity contribution in [3.63, 3.8) is 0 Å². The first kappa shape index (κ1) is 25.9. The van der Waals surface area contributed by atoms with Gasteiger partial charge in [0.15, 0.2) is 5.82 Å². The van der Waals surface area contributed by atoms with E-state index < -0.39 is 5.82 Å². The van der Waals surface area contributed by atoms with Gasteiger partial charge in [-0.05, 0) is 48.1 Å². The van der Waals surface area contributed by atoms with Gasteiger partial charge in [0.25, 0.3) is 0 Å². The summed E-state index contributed by atoms with van der Waals surface area (Å²) in [6.45, 7) is 2.10. The molecule has 2 atom stereocenters. The van der Waals surface area contributed by atoms with Crippen LogP contribution in [0.3, 0.4) is 0 Å². The Morgan fingerprint density at radius 3 is 2.54 bits per heavy atom. The molecule has 2 unspecified atom stereocenters. The van der Waals surface area contributed by atoms with Crippen molar-refractivity contribution in [3.05, 3.63) is 77.3 Å². The van der Waals surface area contributed by atoms with Gasteiger partial charge in [-0.15, -0.1) is 0 Å². The summed E-state index contributed by atoms with van der Waals surface area (Å²) in [4.78, 5) is 20.6. The molecule has 0 N–H and O–H groups in total. The summed E-state index contributed by atoms with van der Waals surface area (Å²) in [6.07, 6.45) is 7.75. The van der Waals surface area contributed by atoms with Crippen molar-refractivity contribution >= 4 is 39.1 Å². The van der Waals surface area contributed by atoms with Crippen molar-refractivity contribution in [1.29, 1.82) is 0 Å². The highest BCUT2D eigenvalue weighted by Gasteiger charge is 2.34. The minimum absolute atomic E-state index is 0.152. The summed E-state index contributed by atoms with van der Waals surface area (Å²) in [5.74, 6) is 1.98. The molecule has 5 aromatic rings. The average molecular weight is 570 g/mol. The van der Waals surface area contributed by atoms with Crippen LogP contribution in [0.25, 0.3) is 32.9 Å². The topological polar surface area (TPSA) is 73.3 Å². The molecule has 1 saturated heterocycles. The molecule has 4 heterocycles. The van der Waals surface area contributed by atoms with E-state index in [-0.39, 0.29) is 17.2 Å². The Kier molecular flexibility index (Phi) is 6.79. The maximum atomic E-state index is 16.5. The molecule has 9 heteroatoms. The molecule has 1 aliphatic heterocycles. The number of piperidine rings is 1. The van der Waals surface area contributed by atoms with Crippen LogP contribution in [-0.4, -0.2) is 46.7 Å². The average Bonchev–Trinajstić information content (AvgIpc) is 3.34. The second-order valence-corrected chi connectivity index (χ2v) is 11.3. The van der Waals surface area contributed by atoms with Crippen molar-refractivity contribution in [2.45, 2.75) is 25.7 Å². The Balaban J connectivity index is 1.29. The van der Waals surface area contributed by atoms with Gasteiger partial charge in [0.1, 0.15) is 17.0 Å². The predicted octanol–water partition coefficient (Wildman–Crippen LogP) is 6.90. The molecule has 41 heavy (non-hydrogen) atoms. The molecule has 208 valence electrons. The van der Waals surface area contributed by atoms with Crippen LogP contribution in [-0.2, 0) is 6.42 Å². The van der Waals surface area contributed by atoms with Gasteiger partial charge in [-0.3, -0.25) is 4.98 Å². The summed E-state index contributed by atoms with van der Waals surface area (Å²) in [7, 11) is 1.59. The Labute approximate surface area is 242 Å². The van der Waals surface area contributed by atoms with E-state index in [1.807, 2.05) is 48.5 Å². The van der Waals surface area contributed by atoms with Gasteiger partial charge in [0.2, 0.25) is 5.88 Å². The molecule has 7 rings (SSSR count). The zero-order valence-corrected chi connectivity index (χ0v) is 23.4. The summed E-state index contributed by atoms with van der Waals surface area (Å²) >= 11 is 6.58. The number of hydrogen-bond donors (Lipinski definition) is 0. The normalized spacial score (nSPS) is 18.3. The fraction of sp³-hybridized carbons (Fsp3) is 0.312. The van der Waals surface area contributed by atoms with E-state index in [4.69, 9.17) is 26.1 Å². The van der Waals surface area contributed by atoms with Gasteiger partial charge in [0.05, 0.1) is 19.1 Å². The largest absolute Gasteiger partial charge is 0.481 e. The molecule has 0 spiro atoms. The first-order valence-electron chi connectivity index (χ1n) is 14.0. The van der Waals surface area contributed by atoms with Crippen LogP contribution in [0.15, 0.2) is 60.9 Å². The number of anilines is 1. The number of aromatic nitrogens is 4. The highest BCUT2D eigenvalue weighted by molar-refractivity contribution is 6.36. The third kappa shape index (κ3) is 4.90. The minimum atomic E-state index is -0.511. The molecule has 1 aliphatic carbocycles. The van der Waals surface area contributed by atoms with Crippen LogP contribution in [0.2, 0.25) is 5.02 Å². The zero-order valence-electron chi connectivity index (χ0n) is 22.7. The maximum absolute atomic E-state index is 16.5. The van der Waals surface area contributed by atoms with E-state index in [0.29, 0.717) is 52.5 Å². The molecule has 3 aromatic heterocycles. The summed E-state index contributed by atoms with van der Waals surface area (Å²) in [6, 6.07) is 15.2. The zero-order chi connectivity index (χ0) is 27.9. The molecule has 0 radical (unpaired) electrons. The van der Waals surface area contributed by atoms with Gasteiger partial charge in [0, 0.05) is 53.9 Å². The third-order valence-electron chi connectivity index (χ3n) is 8.29. The maximum Gasteiger partial charge on any atom is 0.319 e. The number of pyridine rings is 2. The number of methoxy groups -OCH3 is 1. The fourth-order valence-electron chi connectivity index (χ4n) is 6.33. The van der Waals surface area contributed by atoms with Crippen LogP contribution in [0.4, 0.5) is 10.2 Å². The number of halogens is 2. The second-order valence-electron chi connectivity index (χ2n) is 10.9. The van der Waals surface area contributed by atoms with E-state index in [0.717, 1.165) is 29.4 Å². The molecule has 2 aliphatic rings. The molecule has 1 saturated carbocycles. The summed E-state index contributed by atoms with van der Waals surface area (Å²) < 4.78 is 27.7. The molecule has 0 amide bonds. The SMILES string of the molecule is COc1ccc(CCOc2nc(N3CC4CCC(C4)C3)c3cnc(-c4cccc5cccc(Cl)c45)c(F)c3n2)cn1. The summed E-state index contributed by atoms with van der Waals surface area (Å²) in [5, 5.41) is 2.81. The lowest BCUT2D eigenvalue weighted by Gasteiger charge is -2.33. The summed E-state index contributed by atoms with van der Waals surface area (Å²) in [5.41, 5.74) is 2.01. The quantitative estimate of drug-likeness (QED) is 0.211. The molecule has 2 fully saturated rings. The Hall–Kier alpha value is -4.04. The number of rotatable bonds is 7. The van der Waals surface area contributed by atoms with Crippen molar-refractivity contribution < 1.29 is 13.9 Å². The molecule has 2 bridgehead atoms. The molecule has 7 nitrogen and oxygen atoms in total. The smallest absolute Gasteiger partial charge is 0.319 e. The number of nitrogens with zero attached hydrogens (tertiary/aromatic N) is 5. The van der Waals surface area contributed by atoms with Gasteiger partial charge < -0.3 is 14.4 Å². The van der Waals surface area contributed by atoms with Gasteiger partial charge in [-0.2, -0.15) is 9.97 Å².